The van der Waals surface area contributed by atoms with Crippen LogP contribution in [0.4, 0.5) is 0 Å². The molecule has 4 heteroatoms. The Morgan fingerprint density at radius 3 is 1.75 bits per heavy atom. The molecule has 0 nitrogen and oxygen atoms in total. The molecule has 1 unspecified atom stereocenters. The summed E-state index contributed by atoms with van der Waals surface area (Å²) < 4.78 is 1.71. The number of thiophene rings is 3. The average Bonchev–Trinajstić information content (AvgIpc) is 3.72. The molecule has 0 aliphatic carbocycles. The van der Waals surface area contributed by atoms with E-state index in [9.17, 15) is 0 Å². The van der Waals surface area contributed by atoms with Crippen LogP contribution >= 0.6 is 44.0 Å². The summed E-state index contributed by atoms with van der Waals surface area (Å²) in [5.41, 5.74) is 0. The summed E-state index contributed by atoms with van der Waals surface area (Å²) in [5.74, 6) is 2.22. The molecule has 0 saturated carbocycles. The van der Waals surface area contributed by atoms with E-state index in [0.29, 0.717) is 0 Å². The van der Waals surface area contributed by atoms with Crippen molar-refractivity contribution >= 4 is 44.0 Å². The molecule has 0 N–H and O–H groups in total. The number of fused-ring (bicyclic) bond motifs is 3. The number of hydrogen-bond acceptors (Lipinski definition) is 3. The minimum absolute atomic E-state index is 0.838. The first-order chi connectivity index (χ1) is 19.5. The minimum atomic E-state index is -1.17. The summed E-state index contributed by atoms with van der Waals surface area (Å²) in [7, 11) is -1.17. The molecule has 0 fully saturated rings. The second kappa shape index (κ2) is 17.5. The average molecular weight is 619 g/mol. The summed E-state index contributed by atoms with van der Waals surface area (Å²) in [4.78, 5) is 11.3. The van der Waals surface area contributed by atoms with Crippen LogP contribution in [0.3, 0.4) is 0 Å². The van der Waals surface area contributed by atoms with Gasteiger partial charge < -0.3 is 0 Å². The molecule has 0 bridgehead atoms. The molecule has 0 radical (unpaired) electrons. The van der Waals surface area contributed by atoms with Gasteiger partial charge in [-0.25, -0.2) is 0 Å². The van der Waals surface area contributed by atoms with Crippen molar-refractivity contribution in [3.05, 3.63) is 38.9 Å². The van der Waals surface area contributed by atoms with Crippen molar-refractivity contribution in [1.82, 2.24) is 0 Å². The van der Waals surface area contributed by atoms with E-state index in [2.05, 4.69) is 92.9 Å². The van der Waals surface area contributed by atoms with Gasteiger partial charge in [-0.2, -0.15) is 0 Å². The lowest BCUT2D eigenvalue weighted by molar-refractivity contribution is 0.449. The van der Waals surface area contributed by atoms with Crippen molar-refractivity contribution in [3.63, 3.8) is 0 Å². The SMILES string of the molecule is CC.CCCCCCCCc1ccc(S2(CC(CCCC)CCCCCC)c3cc(C)sc3-c3sc(C)cc32)s1. The Bertz CT molecular complexity index is 1070. The van der Waals surface area contributed by atoms with Crippen LogP contribution in [0.2, 0.25) is 0 Å². The highest BCUT2D eigenvalue weighted by Crippen LogP contribution is 2.80. The van der Waals surface area contributed by atoms with E-state index in [1.807, 2.05) is 13.8 Å². The van der Waals surface area contributed by atoms with E-state index in [4.69, 9.17) is 0 Å². The van der Waals surface area contributed by atoms with Gasteiger partial charge in [0.15, 0.2) is 0 Å². The van der Waals surface area contributed by atoms with Gasteiger partial charge in [0.05, 0.1) is 14.0 Å². The van der Waals surface area contributed by atoms with Gasteiger partial charge in [0.25, 0.3) is 0 Å². The second-order valence-corrected chi connectivity index (χ2v) is 18.7. The molecule has 1 aliphatic rings. The first-order valence-electron chi connectivity index (χ1n) is 16.6. The smallest absolute Gasteiger partial charge is 0.0584 e. The van der Waals surface area contributed by atoms with E-state index >= 15 is 0 Å². The number of unbranched alkanes of at least 4 members (excludes halogenated alkanes) is 9. The molecule has 0 aromatic carbocycles. The maximum Gasteiger partial charge on any atom is 0.0584 e. The van der Waals surface area contributed by atoms with Gasteiger partial charge in [-0.3, -0.25) is 0 Å². The highest BCUT2D eigenvalue weighted by Gasteiger charge is 2.45. The van der Waals surface area contributed by atoms with Crippen molar-refractivity contribution in [2.24, 2.45) is 5.92 Å². The lowest BCUT2D eigenvalue weighted by Gasteiger charge is -2.39. The molecule has 40 heavy (non-hydrogen) atoms. The van der Waals surface area contributed by atoms with Crippen LogP contribution < -0.4 is 0 Å². The van der Waals surface area contributed by atoms with E-state index in [1.165, 1.54) is 112 Å². The third-order valence-corrected chi connectivity index (χ3v) is 16.8. The molecule has 4 heterocycles. The van der Waals surface area contributed by atoms with E-state index in [1.54, 1.807) is 28.6 Å². The van der Waals surface area contributed by atoms with Crippen LogP contribution in [0.5, 0.6) is 0 Å². The van der Waals surface area contributed by atoms with Gasteiger partial charge in [0, 0.05) is 24.4 Å². The van der Waals surface area contributed by atoms with Crippen molar-refractivity contribution in [3.8, 4) is 9.75 Å². The summed E-state index contributed by atoms with van der Waals surface area (Å²) >= 11 is 6.32. The van der Waals surface area contributed by atoms with Crippen LogP contribution in [0.15, 0.2) is 38.3 Å². The van der Waals surface area contributed by atoms with Crippen LogP contribution in [0.1, 0.15) is 139 Å². The third-order valence-electron chi connectivity index (χ3n) is 8.27. The fraction of sp³-hybridized carbons (Fsp3) is 0.667. The zero-order chi connectivity index (χ0) is 29.0. The summed E-state index contributed by atoms with van der Waals surface area (Å²) in [6, 6.07) is 10.3. The molecule has 0 saturated heterocycles. The minimum Gasteiger partial charge on any atom is -0.148 e. The Kier molecular flexibility index (Phi) is 14.9. The van der Waals surface area contributed by atoms with E-state index in [0.717, 1.165) is 5.92 Å². The molecular formula is C36H58S4. The Morgan fingerprint density at radius 1 is 0.625 bits per heavy atom. The van der Waals surface area contributed by atoms with Gasteiger partial charge in [-0.1, -0.05) is 105 Å². The first-order valence-corrected chi connectivity index (χ1v) is 20.9. The van der Waals surface area contributed by atoms with Crippen LogP contribution in [-0.2, 0) is 6.42 Å². The number of hydrogen-bond donors (Lipinski definition) is 0. The predicted octanol–water partition coefficient (Wildman–Crippen LogP) is 14.5. The Balaban J connectivity index is 0.00000216. The lowest BCUT2D eigenvalue weighted by atomic mass is 9.97. The quantitative estimate of drug-likeness (QED) is 0.124. The predicted molar refractivity (Wildman–Crippen MR) is 189 cm³/mol. The fourth-order valence-corrected chi connectivity index (χ4v) is 16.1. The zero-order valence-corrected chi connectivity index (χ0v) is 30.1. The molecule has 3 aromatic heterocycles. The Labute approximate surface area is 261 Å². The largest absolute Gasteiger partial charge is 0.148 e. The van der Waals surface area contributed by atoms with Crippen molar-refractivity contribution in [1.29, 1.82) is 0 Å². The maximum atomic E-state index is 2.61. The molecule has 1 atom stereocenters. The molecule has 0 spiro atoms. The standard InChI is InChI=1S/C34H52S4.C2H6/c1-6-9-12-14-15-17-20-29-21-22-32(37-29)38(25-28(18-11-8-3)19-16-13-10-7-2)30-23-26(4)35-33(30)34-31(38)24-27(5)36-34;1-2/h21-24,28H,6-20,25H2,1-5H3;1-2H3. The third kappa shape index (κ3) is 8.29. The first kappa shape index (κ1) is 33.9. The number of rotatable bonds is 18. The molecule has 4 rings (SSSR count). The van der Waals surface area contributed by atoms with E-state index < -0.39 is 10.0 Å². The summed E-state index contributed by atoms with van der Waals surface area (Å²) in [6.07, 6.45) is 20.7. The fourth-order valence-electron chi connectivity index (χ4n) is 6.19. The van der Waals surface area contributed by atoms with Gasteiger partial charge in [0.2, 0.25) is 0 Å². The molecule has 226 valence electrons. The van der Waals surface area contributed by atoms with Crippen molar-refractivity contribution in [2.75, 3.05) is 5.75 Å². The maximum absolute atomic E-state index is 2.61. The number of aryl methyl sites for hydroxylation is 3. The highest BCUT2D eigenvalue weighted by molar-refractivity contribution is 8.35. The Morgan fingerprint density at radius 2 is 1.15 bits per heavy atom. The molecule has 1 aliphatic heterocycles. The van der Waals surface area contributed by atoms with Crippen LogP contribution in [0.25, 0.3) is 9.75 Å². The van der Waals surface area contributed by atoms with Gasteiger partial charge >= 0.3 is 0 Å². The van der Waals surface area contributed by atoms with Crippen molar-refractivity contribution < 1.29 is 0 Å². The summed E-state index contributed by atoms with van der Waals surface area (Å²) in [5, 5.41) is 0. The van der Waals surface area contributed by atoms with Gasteiger partial charge in [-0.15, -0.1) is 44.0 Å². The van der Waals surface area contributed by atoms with Crippen LogP contribution in [0, 0.1) is 19.8 Å². The second-order valence-electron chi connectivity index (χ2n) is 11.6. The van der Waals surface area contributed by atoms with E-state index in [-0.39, 0.29) is 0 Å². The van der Waals surface area contributed by atoms with Gasteiger partial charge in [0.1, 0.15) is 0 Å². The van der Waals surface area contributed by atoms with Crippen LogP contribution in [-0.4, -0.2) is 5.75 Å². The monoisotopic (exact) mass is 618 g/mol. The lowest BCUT2D eigenvalue weighted by Crippen LogP contribution is -2.14. The Hall–Kier alpha value is -0.550. The normalized spacial score (nSPS) is 14.9. The van der Waals surface area contributed by atoms with Crippen molar-refractivity contribution in [2.45, 2.75) is 159 Å². The highest BCUT2D eigenvalue weighted by atomic mass is 32.3. The molecular weight excluding hydrogens is 561 g/mol. The van der Waals surface area contributed by atoms with Gasteiger partial charge in [-0.05, 0) is 75.5 Å². The topological polar surface area (TPSA) is 0 Å². The molecule has 3 aromatic rings. The molecule has 0 amide bonds. The zero-order valence-electron chi connectivity index (χ0n) is 26.8. The summed E-state index contributed by atoms with van der Waals surface area (Å²) in [6.45, 7) is 15.7.